The fourth-order valence-corrected chi connectivity index (χ4v) is 3.61. The minimum atomic E-state index is -3.51. The molecule has 1 aromatic heterocycles. The fraction of sp³-hybridized carbons (Fsp3) is 0.636. The highest BCUT2D eigenvalue weighted by molar-refractivity contribution is 7.89. The summed E-state index contributed by atoms with van der Waals surface area (Å²) in [5.41, 5.74) is 0. The summed E-state index contributed by atoms with van der Waals surface area (Å²) in [6.07, 6.45) is 3.80. The smallest absolute Gasteiger partial charge is 0.246 e. The Hall–Kier alpha value is -1.21. The van der Waals surface area contributed by atoms with Crippen molar-refractivity contribution in [1.29, 1.82) is 0 Å². The lowest BCUT2D eigenvalue weighted by molar-refractivity contribution is -0.125. The molecule has 6 nitrogen and oxygen atoms in total. The molecule has 0 aliphatic carbocycles. The molecule has 0 spiro atoms. The van der Waals surface area contributed by atoms with Crippen LogP contribution < -0.4 is 0 Å². The molecule has 0 bridgehead atoms. The van der Waals surface area contributed by atoms with Crippen molar-refractivity contribution in [3.8, 4) is 0 Å². The molecule has 0 N–H and O–H groups in total. The lowest BCUT2D eigenvalue weighted by atomic mass is 9.96. The molecular weight excluding hydrogens is 254 g/mol. The third-order valence-corrected chi connectivity index (χ3v) is 5.12. The van der Waals surface area contributed by atoms with Crippen molar-refractivity contribution in [2.75, 3.05) is 13.1 Å². The SMILES string of the molecule is CCC1CN(S(=O)(=O)c2cnn(C)c2)CCC1=O. The maximum absolute atomic E-state index is 12.3. The molecule has 2 rings (SSSR count). The van der Waals surface area contributed by atoms with Crippen LogP contribution in [0.3, 0.4) is 0 Å². The van der Waals surface area contributed by atoms with E-state index in [2.05, 4.69) is 5.10 Å². The monoisotopic (exact) mass is 271 g/mol. The lowest BCUT2D eigenvalue weighted by Gasteiger charge is -2.29. The predicted molar refractivity (Wildman–Crippen MR) is 65.4 cm³/mol. The van der Waals surface area contributed by atoms with E-state index >= 15 is 0 Å². The highest BCUT2D eigenvalue weighted by Gasteiger charge is 2.34. The zero-order chi connectivity index (χ0) is 13.3. The Labute approximate surface area is 107 Å². The van der Waals surface area contributed by atoms with Crippen molar-refractivity contribution < 1.29 is 13.2 Å². The number of Topliss-reactive ketones (excluding diaryl/α,β-unsaturated/α-hetero) is 1. The molecule has 18 heavy (non-hydrogen) atoms. The van der Waals surface area contributed by atoms with E-state index in [1.165, 1.54) is 21.4 Å². The Morgan fingerprint density at radius 3 is 2.78 bits per heavy atom. The number of aromatic nitrogens is 2. The van der Waals surface area contributed by atoms with Crippen molar-refractivity contribution in [2.45, 2.75) is 24.7 Å². The first-order chi connectivity index (χ1) is 8.45. The summed E-state index contributed by atoms with van der Waals surface area (Å²) in [5, 5.41) is 3.88. The van der Waals surface area contributed by atoms with Crippen LogP contribution in [-0.4, -0.2) is 41.4 Å². The molecule has 0 radical (unpaired) electrons. The lowest BCUT2D eigenvalue weighted by Crippen LogP contribution is -2.43. The van der Waals surface area contributed by atoms with E-state index in [1.54, 1.807) is 7.05 Å². The van der Waals surface area contributed by atoms with Gasteiger partial charge in [-0.15, -0.1) is 0 Å². The number of nitrogens with zero attached hydrogens (tertiary/aromatic N) is 3. The van der Waals surface area contributed by atoms with Crippen molar-refractivity contribution in [2.24, 2.45) is 13.0 Å². The number of carbonyl (C=O) groups is 1. The summed E-state index contributed by atoms with van der Waals surface area (Å²) in [4.78, 5) is 11.8. The molecule has 0 amide bonds. The maximum Gasteiger partial charge on any atom is 0.246 e. The van der Waals surface area contributed by atoms with Gasteiger partial charge in [0.1, 0.15) is 10.7 Å². The number of hydrogen-bond donors (Lipinski definition) is 0. The number of ketones is 1. The van der Waals surface area contributed by atoms with Crippen molar-refractivity contribution in [3.05, 3.63) is 12.4 Å². The highest BCUT2D eigenvalue weighted by Crippen LogP contribution is 2.22. The van der Waals surface area contributed by atoms with Crippen LogP contribution in [0.4, 0.5) is 0 Å². The number of sulfonamides is 1. The summed E-state index contributed by atoms with van der Waals surface area (Å²) >= 11 is 0. The largest absolute Gasteiger partial charge is 0.299 e. The van der Waals surface area contributed by atoms with Crippen LogP contribution in [0.25, 0.3) is 0 Å². The summed E-state index contributed by atoms with van der Waals surface area (Å²) in [7, 11) is -1.84. The highest BCUT2D eigenvalue weighted by atomic mass is 32.2. The van der Waals surface area contributed by atoms with Gasteiger partial charge in [0.25, 0.3) is 0 Å². The molecule has 0 aromatic carbocycles. The van der Waals surface area contributed by atoms with E-state index in [-0.39, 0.29) is 29.7 Å². The minimum absolute atomic E-state index is 0.162. The molecule has 1 saturated heterocycles. The minimum Gasteiger partial charge on any atom is -0.299 e. The zero-order valence-electron chi connectivity index (χ0n) is 10.5. The molecule has 100 valence electrons. The summed E-state index contributed by atoms with van der Waals surface area (Å²) in [6, 6.07) is 0. The van der Waals surface area contributed by atoms with Gasteiger partial charge < -0.3 is 0 Å². The summed E-state index contributed by atoms with van der Waals surface area (Å²) in [5.74, 6) is -0.0136. The Balaban J connectivity index is 2.23. The van der Waals surface area contributed by atoms with E-state index in [9.17, 15) is 13.2 Å². The average Bonchev–Trinajstić information content (AvgIpc) is 2.77. The number of carbonyl (C=O) groups excluding carboxylic acids is 1. The van der Waals surface area contributed by atoms with Crippen LogP contribution in [0.2, 0.25) is 0 Å². The first-order valence-electron chi connectivity index (χ1n) is 5.96. The Morgan fingerprint density at radius 2 is 2.22 bits per heavy atom. The standard InChI is InChI=1S/C11H17N3O3S/c1-3-9-7-14(5-4-11(9)15)18(16,17)10-6-12-13(2)8-10/h6,8-9H,3-5,7H2,1-2H3. The number of rotatable bonds is 3. The number of piperidine rings is 1. The predicted octanol–water partition coefficient (Wildman–Crippen LogP) is 0.410. The average molecular weight is 271 g/mol. The molecule has 1 unspecified atom stereocenters. The quantitative estimate of drug-likeness (QED) is 0.798. The van der Waals surface area contributed by atoms with Gasteiger partial charge >= 0.3 is 0 Å². The third kappa shape index (κ3) is 2.32. The normalized spacial score (nSPS) is 22.3. The Bertz CT molecular complexity index is 550. The second-order valence-corrected chi connectivity index (χ2v) is 6.47. The Kier molecular flexibility index (Phi) is 3.54. The van der Waals surface area contributed by atoms with Crippen molar-refractivity contribution in [1.82, 2.24) is 14.1 Å². The molecule has 1 aromatic rings. The van der Waals surface area contributed by atoms with Crippen molar-refractivity contribution in [3.63, 3.8) is 0 Å². The van der Waals surface area contributed by atoms with Gasteiger partial charge in [-0.3, -0.25) is 9.48 Å². The van der Waals surface area contributed by atoms with Crippen LogP contribution >= 0.6 is 0 Å². The van der Waals surface area contributed by atoms with E-state index < -0.39 is 10.0 Å². The van der Waals surface area contributed by atoms with Gasteiger partial charge in [0.2, 0.25) is 10.0 Å². The number of aryl methyl sites for hydroxylation is 1. The molecule has 0 saturated carbocycles. The van der Waals surface area contributed by atoms with Crippen LogP contribution in [0, 0.1) is 5.92 Å². The van der Waals surface area contributed by atoms with Crippen LogP contribution in [0.15, 0.2) is 17.3 Å². The summed E-state index contributed by atoms with van der Waals surface area (Å²) < 4.78 is 27.5. The molecule has 1 fully saturated rings. The molecular formula is C11H17N3O3S. The first-order valence-corrected chi connectivity index (χ1v) is 7.40. The molecule has 1 aliphatic rings. The van der Waals surface area contributed by atoms with Crippen LogP contribution in [-0.2, 0) is 21.9 Å². The van der Waals surface area contributed by atoms with Gasteiger partial charge in [0, 0.05) is 38.7 Å². The maximum atomic E-state index is 12.3. The second-order valence-electron chi connectivity index (χ2n) is 4.53. The van der Waals surface area contributed by atoms with E-state index in [0.717, 1.165) is 0 Å². The van der Waals surface area contributed by atoms with Gasteiger partial charge in [-0.2, -0.15) is 9.40 Å². The van der Waals surface area contributed by atoms with Crippen molar-refractivity contribution >= 4 is 15.8 Å². The topological polar surface area (TPSA) is 72.3 Å². The van der Waals surface area contributed by atoms with Gasteiger partial charge in [-0.1, -0.05) is 6.92 Å². The van der Waals surface area contributed by atoms with Gasteiger partial charge in [0.15, 0.2) is 0 Å². The molecule has 7 heteroatoms. The van der Waals surface area contributed by atoms with E-state index in [4.69, 9.17) is 0 Å². The summed E-state index contributed by atoms with van der Waals surface area (Å²) in [6.45, 7) is 2.46. The molecule has 1 atom stereocenters. The second kappa shape index (κ2) is 4.81. The van der Waals surface area contributed by atoms with Gasteiger partial charge in [-0.25, -0.2) is 8.42 Å². The van der Waals surface area contributed by atoms with Crippen LogP contribution in [0.1, 0.15) is 19.8 Å². The molecule has 2 heterocycles. The van der Waals surface area contributed by atoms with Gasteiger partial charge in [-0.05, 0) is 6.42 Å². The van der Waals surface area contributed by atoms with Gasteiger partial charge in [0.05, 0.1) is 6.20 Å². The van der Waals surface area contributed by atoms with E-state index in [1.807, 2.05) is 6.92 Å². The Morgan fingerprint density at radius 1 is 1.50 bits per heavy atom. The zero-order valence-corrected chi connectivity index (χ0v) is 11.4. The fourth-order valence-electron chi connectivity index (χ4n) is 2.13. The van der Waals surface area contributed by atoms with E-state index in [0.29, 0.717) is 12.8 Å². The third-order valence-electron chi connectivity index (χ3n) is 3.30. The number of hydrogen-bond acceptors (Lipinski definition) is 4. The first kappa shape index (κ1) is 13.2. The van der Waals surface area contributed by atoms with Crippen LogP contribution in [0.5, 0.6) is 0 Å². The molecule has 1 aliphatic heterocycles.